The fourth-order valence-corrected chi connectivity index (χ4v) is 2.58. The molecular formula is C19H20N4O2. The summed E-state index contributed by atoms with van der Waals surface area (Å²) in [6.45, 7) is 2.05. The smallest absolute Gasteiger partial charge is 0.223 e. The maximum absolute atomic E-state index is 12.2. The van der Waals surface area contributed by atoms with E-state index >= 15 is 0 Å². The van der Waals surface area contributed by atoms with Crippen LogP contribution in [0.2, 0.25) is 0 Å². The SMILES string of the molecule is CC(O)(CC(=O)NCc1ccc(-n2cncn2)cc1)c1ccccc1. The largest absolute Gasteiger partial charge is 0.385 e. The zero-order valence-corrected chi connectivity index (χ0v) is 14.0. The van der Waals surface area contributed by atoms with E-state index in [0.717, 1.165) is 16.8 Å². The molecule has 0 saturated heterocycles. The van der Waals surface area contributed by atoms with Crippen molar-refractivity contribution in [1.29, 1.82) is 0 Å². The van der Waals surface area contributed by atoms with Crippen LogP contribution in [0, 0.1) is 0 Å². The van der Waals surface area contributed by atoms with Crippen molar-refractivity contribution in [2.24, 2.45) is 0 Å². The van der Waals surface area contributed by atoms with E-state index in [4.69, 9.17) is 0 Å². The maximum atomic E-state index is 12.2. The van der Waals surface area contributed by atoms with Gasteiger partial charge in [0, 0.05) is 6.54 Å². The van der Waals surface area contributed by atoms with E-state index in [9.17, 15) is 9.90 Å². The zero-order chi connectivity index (χ0) is 17.7. The Labute approximate surface area is 146 Å². The first-order valence-electron chi connectivity index (χ1n) is 8.03. The van der Waals surface area contributed by atoms with Crippen LogP contribution in [0.4, 0.5) is 0 Å². The number of benzene rings is 2. The lowest BCUT2D eigenvalue weighted by molar-refractivity contribution is -0.126. The number of amides is 1. The molecule has 3 rings (SSSR count). The molecule has 3 aromatic rings. The van der Waals surface area contributed by atoms with Crippen molar-refractivity contribution in [1.82, 2.24) is 20.1 Å². The molecule has 1 amide bonds. The van der Waals surface area contributed by atoms with Gasteiger partial charge in [0.25, 0.3) is 0 Å². The van der Waals surface area contributed by atoms with Gasteiger partial charge in [-0.3, -0.25) is 4.79 Å². The highest BCUT2D eigenvalue weighted by atomic mass is 16.3. The molecule has 2 N–H and O–H groups in total. The number of aliphatic hydroxyl groups is 1. The number of aromatic nitrogens is 3. The van der Waals surface area contributed by atoms with E-state index in [1.165, 1.54) is 6.33 Å². The number of hydrogen-bond acceptors (Lipinski definition) is 4. The Kier molecular flexibility index (Phi) is 4.90. The van der Waals surface area contributed by atoms with Gasteiger partial charge in [0.05, 0.1) is 17.7 Å². The molecular weight excluding hydrogens is 316 g/mol. The summed E-state index contributed by atoms with van der Waals surface area (Å²) in [5.74, 6) is -0.200. The number of carbonyl (C=O) groups is 1. The van der Waals surface area contributed by atoms with E-state index in [1.807, 2.05) is 54.6 Å². The summed E-state index contributed by atoms with van der Waals surface area (Å²) < 4.78 is 1.67. The first-order chi connectivity index (χ1) is 12.0. The van der Waals surface area contributed by atoms with Crippen molar-refractivity contribution < 1.29 is 9.90 Å². The molecule has 0 radical (unpaired) electrons. The van der Waals surface area contributed by atoms with Crippen molar-refractivity contribution in [3.63, 3.8) is 0 Å². The van der Waals surface area contributed by atoms with Gasteiger partial charge in [0.2, 0.25) is 5.91 Å². The lowest BCUT2D eigenvalue weighted by atomic mass is 9.92. The van der Waals surface area contributed by atoms with Crippen molar-refractivity contribution in [3.8, 4) is 5.69 Å². The second-order valence-electron chi connectivity index (χ2n) is 6.10. The maximum Gasteiger partial charge on any atom is 0.223 e. The molecule has 1 atom stereocenters. The number of carbonyl (C=O) groups excluding carboxylic acids is 1. The van der Waals surface area contributed by atoms with Crippen molar-refractivity contribution >= 4 is 5.91 Å². The van der Waals surface area contributed by atoms with Crippen LogP contribution in [-0.2, 0) is 16.9 Å². The molecule has 2 aromatic carbocycles. The summed E-state index contributed by atoms with van der Waals surface area (Å²) in [7, 11) is 0. The Balaban J connectivity index is 1.55. The Hall–Kier alpha value is -2.99. The Morgan fingerprint density at radius 1 is 1.16 bits per heavy atom. The van der Waals surface area contributed by atoms with Crippen molar-refractivity contribution in [2.45, 2.75) is 25.5 Å². The molecule has 1 aromatic heterocycles. The minimum absolute atomic E-state index is 0.00799. The molecule has 0 fully saturated rings. The van der Waals surface area contributed by atoms with Gasteiger partial charge >= 0.3 is 0 Å². The molecule has 0 aliphatic rings. The Morgan fingerprint density at radius 3 is 2.52 bits per heavy atom. The molecule has 0 bridgehead atoms. The fraction of sp³-hybridized carbons (Fsp3) is 0.211. The van der Waals surface area contributed by atoms with Crippen LogP contribution >= 0.6 is 0 Å². The van der Waals surface area contributed by atoms with Crippen molar-refractivity contribution in [3.05, 3.63) is 78.4 Å². The molecule has 0 aliphatic carbocycles. The summed E-state index contributed by atoms with van der Waals surface area (Å²) in [5, 5.41) is 17.4. The van der Waals surface area contributed by atoms with Crippen LogP contribution in [0.15, 0.2) is 67.3 Å². The van der Waals surface area contributed by atoms with Gasteiger partial charge in [-0.1, -0.05) is 42.5 Å². The quantitative estimate of drug-likeness (QED) is 0.723. The summed E-state index contributed by atoms with van der Waals surface area (Å²) in [6.07, 6.45) is 3.11. The first kappa shape index (κ1) is 16.9. The first-order valence-corrected chi connectivity index (χ1v) is 8.03. The summed E-state index contributed by atoms with van der Waals surface area (Å²) in [5.41, 5.74) is 1.40. The molecule has 0 aliphatic heterocycles. The van der Waals surface area contributed by atoms with Crippen LogP contribution in [0.25, 0.3) is 5.69 Å². The van der Waals surface area contributed by atoms with Crippen LogP contribution in [0.1, 0.15) is 24.5 Å². The Bertz CT molecular complexity index is 812. The van der Waals surface area contributed by atoms with Gasteiger partial charge in [0.1, 0.15) is 12.7 Å². The molecule has 6 nitrogen and oxygen atoms in total. The highest BCUT2D eigenvalue weighted by Crippen LogP contribution is 2.23. The third-order valence-corrected chi connectivity index (χ3v) is 4.01. The minimum Gasteiger partial charge on any atom is -0.385 e. The third-order valence-electron chi connectivity index (χ3n) is 4.01. The number of nitrogens with zero attached hydrogens (tertiary/aromatic N) is 3. The fourth-order valence-electron chi connectivity index (χ4n) is 2.58. The second kappa shape index (κ2) is 7.27. The Morgan fingerprint density at radius 2 is 1.88 bits per heavy atom. The van der Waals surface area contributed by atoms with Crippen LogP contribution in [0.3, 0.4) is 0 Å². The van der Waals surface area contributed by atoms with Gasteiger partial charge in [-0.2, -0.15) is 5.10 Å². The lowest BCUT2D eigenvalue weighted by Gasteiger charge is -2.23. The summed E-state index contributed by atoms with van der Waals surface area (Å²) in [6, 6.07) is 16.9. The lowest BCUT2D eigenvalue weighted by Crippen LogP contribution is -2.32. The molecule has 25 heavy (non-hydrogen) atoms. The van der Waals surface area contributed by atoms with E-state index in [-0.39, 0.29) is 12.3 Å². The highest BCUT2D eigenvalue weighted by Gasteiger charge is 2.26. The monoisotopic (exact) mass is 336 g/mol. The van der Waals surface area contributed by atoms with E-state index in [1.54, 1.807) is 17.9 Å². The van der Waals surface area contributed by atoms with Crippen LogP contribution in [0.5, 0.6) is 0 Å². The minimum atomic E-state index is -1.19. The summed E-state index contributed by atoms with van der Waals surface area (Å²) >= 11 is 0. The van der Waals surface area contributed by atoms with Crippen LogP contribution < -0.4 is 5.32 Å². The molecule has 1 heterocycles. The van der Waals surface area contributed by atoms with Gasteiger partial charge in [0.15, 0.2) is 0 Å². The van der Waals surface area contributed by atoms with Gasteiger partial charge in [-0.15, -0.1) is 0 Å². The van der Waals surface area contributed by atoms with Gasteiger partial charge < -0.3 is 10.4 Å². The number of rotatable bonds is 6. The van der Waals surface area contributed by atoms with E-state index in [2.05, 4.69) is 15.4 Å². The normalized spacial score (nSPS) is 13.2. The number of nitrogens with one attached hydrogen (secondary N) is 1. The predicted octanol–water partition coefficient (Wildman–Crippen LogP) is 2.18. The summed E-state index contributed by atoms with van der Waals surface area (Å²) in [4.78, 5) is 16.1. The molecule has 128 valence electrons. The molecule has 0 saturated carbocycles. The average molecular weight is 336 g/mol. The molecule has 0 spiro atoms. The second-order valence-corrected chi connectivity index (χ2v) is 6.10. The van der Waals surface area contributed by atoms with Crippen molar-refractivity contribution in [2.75, 3.05) is 0 Å². The third kappa shape index (κ3) is 4.30. The molecule has 6 heteroatoms. The molecule has 1 unspecified atom stereocenters. The zero-order valence-electron chi connectivity index (χ0n) is 14.0. The van der Waals surface area contributed by atoms with Gasteiger partial charge in [-0.05, 0) is 30.2 Å². The highest BCUT2D eigenvalue weighted by molar-refractivity contribution is 5.77. The van der Waals surface area contributed by atoms with Crippen LogP contribution in [-0.4, -0.2) is 25.8 Å². The average Bonchev–Trinajstić information content (AvgIpc) is 3.15. The van der Waals surface area contributed by atoms with Gasteiger partial charge in [-0.25, -0.2) is 9.67 Å². The van der Waals surface area contributed by atoms with E-state index in [0.29, 0.717) is 6.54 Å². The standard InChI is InChI=1S/C19H20N4O2/c1-19(25,16-5-3-2-4-6-16)11-18(24)21-12-15-7-9-17(10-8-15)23-14-20-13-22-23/h2-10,13-14,25H,11-12H2,1H3,(H,21,24). The topological polar surface area (TPSA) is 80.0 Å². The predicted molar refractivity (Wildman–Crippen MR) is 93.8 cm³/mol. The van der Waals surface area contributed by atoms with E-state index < -0.39 is 5.60 Å². The number of hydrogen-bond donors (Lipinski definition) is 2.